The van der Waals surface area contributed by atoms with Crippen LogP contribution >= 0.6 is 0 Å². The molecule has 4 aromatic rings. The molecule has 1 N–H and O–H groups in total. The van der Waals surface area contributed by atoms with Crippen LogP contribution in [0.15, 0.2) is 89.3 Å². The van der Waals surface area contributed by atoms with Gasteiger partial charge >= 0.3 is 0 Å². The number of nitrogens with zero attached hydrogens (tertiary/aromatic N) is 1. The predicted molar refractivity (Wildman–Crippen MR) is 130 cm³/mol. The van der Waals surface area contributed by atoms with Crippen molar-refractivity contribution in [1.29, 1.82) is 0 Å². The summed E-state index contributed by atoms with van der Waals surface area (Å²) in [5, 5.41) is 22.5. The Kier molecular flexibility index (Phi) is 6.38. The number of aromatic nitrogens is 1. The third-order valence-corrected chi connectivity index (χ3v) is 6.54. The zero-order valence-electron chi connectivity index (χ0n) is 19.2. The number of carbonyl (C=O) groups is 1. The van der Waals surface area contributed by atoms with Gasteiger partial charge in [-0.2, -0.15) is 0 Å². The number of ether oxygens (including phenoxy) is 1. The number of rotatable bonds is 8. The van der Waals surface area contributed by atoms with Gasteiger partial charge in [0, 0.05) is 17.5 Å². The number of carboxylic acids is 1. The maximum Gasteiger partial charge on any atom is 0.201 e. The van der Waals surface area contributed by atoms with Gasteiger partial charge in [-0.3, -0.25) is 0 Å². The van der Waals surface area contributed by atoms with Gasteiger partial charge in [0.25, 0.3) is 0 Å². The Balaban J connectivity index is 1.47. The van der Waals surface area contributed by atoms with Crippen molar-refractivity contribution >= 4 is 5.97 Å². The highest BCUT2D eigenvalue weighted by molar-refractivity contribution is 5.76. The van der Waals surface area contributed by atoms with Gasteiger partial charge < -0.3 is 24.2 Å². The van der Waals surface area contributed by atoms with Crippen LogP contribution in [0, 0.1) is 0 Å². The lowest BCUT2D eigenvalue weighted by molar-refractivity contribution is -0.307. The molecular weight excluding hydrogens is 442 g/mol. The Bertz CT molecular complexity index is 1240. The normalized spacial score (nSPS) is 19.5. The molecule has 0 amide bonds. The maximum absolute atomic E-state index is 11.8. The first-order chi connectivity index (χ1) is 17.0. The summed E-state index contributed by atoms with van der Waals surface area (Å²) in [7, 11) is 0. The highest BCUT2D eigenvalue weighted by Crippen LogP contribution is 2.47. The van der Waals surface area contributed by atoms with E-state index in [4.69, 9.17) is 14.1 Å². The number of aliphatic hydroxyl groups is 1. The van der Waals surface area contributed by atoms with Gasteiger partial charge in [0.1, 0.15) is 18.1 Å². The van der Waals surface area contributed by atoms with E-state index < -0.39 is 18.2 Å². The molecule has 178 valence electrons. The van der Waals surface area contributed by atoms with Crippen LogP contribution in [0.2, 0.25) is 0 Å². The molecule has 1 saturated carbocycles. The second-order valence-corrected chi connectivity index (χ2v) is 9.00. The van der Waals surface area contributed by atoms with Crippen molar-refractivity contribution in [1.82, 2.24) is 4.98 Å². The average molecular weight is 469 g/mol. The van der Waals surface area contributed by atoms with Crippen molar-refractivity contribution in [3.63, 3.8) is 0 Å². The molecule has 6 heteroatoms. The SMILES string of the molecule is O=C([O-])COc1cccc(CC2(O)CCCC2c2nc(-c3ccccc3)c(-c3ccccc3)o2)c1. The minimum absolute atomic E-state index is 0.268. The molecule has 5 rings (SSSR count). The topological polar surface area (TPSA) is 95.6 Å². The van der Waals surface area contributed by atoms with Gasteiger partial charge in [0.05, 0.1) is 17.5 Å². The van der Waals surface area contributed by atoms with Crippen molar-refractivity contribution in [3.8, 4) is 28.3 Å². The van der Waals surface area contributed by atoms with Crippen molar-refractivity contribution in [2.75, 3.05) is 6.61 Å². The van der Waals surface area contributed by atoms with Gasteiger partial charge in [0.2, 0.25) is 5.89 Å². The lowest BCUT2D eigenvalue weighted by atomic mass is 9.84. The average Bonchev–Trinajstić information content (AvgIpc) is 3.48. The van der Waals surface area contributed by atoms with E-state index in [1.54, 1.807) is 18.2 Å². The fraction of sp³-hybridized carbons (Fsp3) is 0.241. The zero-order valence-corrected chi connectivity index (χ0v) is 19.2. The van der Waals surface area contributed by atoms with Crippen LogP contribution < -0.4 is 9.84 Å². The second kappa shape index (κ2) is 9.76. The van der Waals surface area contributed by atoms with Crippen LogP contribution in [0.1, 0.15) is 36.6 Å². The van der Waals surface area contributed by atoms with E-state index in [0.29, 0.717) is 30.2 Å². The fourth-order valence-electron chi connectivity index (χ4n) is 4.92. The zero-order chi connectivity index (χ0) is 24.3. The number of hydrogen-bond donors (Lipinski definition) is 1. The quantitative estimate of drug-likeness (QED) is 0.412. The summed E-state index contributed by atoms with van der Waals surface area (Å²) in [5.41, 5.74) is 2.47. The standard InChI is InChI=1S/C29H27NO5/c31-25(32)19-34-23-14-7-9-20(17-23)18-29(33)16-8-15-24(29)28-30-26(21-10-3-1-4-11-21)27(35-28)22-12-5-2-6-13-22/h1-7,9-14,17,24,33H,8,15-16,18-19H2,(H,31,32)/p-1. The first-order valence-corrected chi connectivity index (χ1v) is 11.8. The van der Waals surface area contributed by atoms with Crippen LogP contribution in [0.4, 0.5) is 0 Å². The summed E-state index contributed by atoms with van der Waals surface area (Å²) >= 11 is 0. The lowest BCUT2D eigenvalue weighted by Gasteiger charge is -2.28. The van der Waals surface area contributed by atoms with Gasteiger partial charge in [-0.05, 0) is 37.0 Å². The number of carbonyl (C=O) groups excluding carboxylic acids is 1. The predicted octanol–water partition coefficient (Wildman–Crippen LogP) is 4.38. The first-order valence-electron chi connectivity index (χ1n) is 11.8. The molecule has 1 aromatic heterocycles. The van der Waals surface area contributed by atoms with Crippen molar-refractivity contribution in [2.45, 2.75) is 37.2 Å². The third kappa shape index (κ3) is 4.98. The first kappa shape index (κ1) is 22.9. The molecule has 0 radical (unpaired) electrons. The monoisotopic (exact) mass is 468 g/mol. The number of oxazole rings is 1. The van der Waals surface area contributed by atoms with Gasteiger partial charge in [-0.25, -0.2) is 4.98 Å². The highest BCUT2D eigenvalue weighted by Gasteiger charge is 2.45. The molecule has 2 atom stereocenters. The molecule has 1 fully saturated rings. The molecule has 1 heterocycles. The van der Waals surface area contributed by atoms with Crippen LogP contribution in [0.25, 0.3) is 22.6 Å². The van der Waals surface area contributed by atoms with E-state index in [1.165, 1.54) is 0 Å². The molecule has 0 aliphatic heterocycles. The molecule has 0 spiro atoms. The van der Waals surface area contributed by atoms with Crippen molar-refractivity contribution in [2.24, 2.45) is 0 Å². The van der Waals surface area contributed by atoms with E-state index in [9.17, 15) is 15.0 Å². The Hall–Kier alpha value is -3.90. The van der Waals surface area contributed by atoms with E-state index in [1.807, 2.05) is 66.7 Å². The van der Waals surface area contributed by atoms with E-state index in [-0.39, 0.29) is 5.92 Å². The summed E-state index contributed by atoms with van der Waals surface area (Å²) in [6, 6.07) is 27.0. The number of benzene rings is 3. The van der Waals surface area contributed by atoms with Crippen molar-refractivity contribution in [3.05, 3.63) is 96.4 Å². The number of hydrogen-bond acceptors (Lipinski definition) is 6. The Morgan fingerprint density at radius 3 is 2.46 bits per heavy atom. The van der Waals surface area contributed by atoms with Gasteiger partial charge in [-0.1, -0.05) is 72.8 Å². The van der Waals surface area contributed by atoms with E-state index in [2.05, 4.69) is 0 Å². The van der Waals surface area contributed by atoms with Crippen LogP contribution in [0.3, 0.4) is 0 Å². The van der Waals surface area contributed by atoms with Crippen LogP contribution in [-0.4, -0.2) is 28.3 Å². The smallest absolute Gasteiger partial charge is 0.201 e. The minimum atomic E-state index is -1.28. The Morgan fingerprint density at radius 1 is 1.03 bits per heavy atom. The minimum Gasteiger partial charge on any atom is -0.546 e. The summed E-state index contributed by atoms with van der Waals surface area (Å²) in [6.07, 6.45) is 2.61. The van der Waals surface area contributed by atoms with Gasteiger partial charge in [-0.15, -0.1) is 0 Å². The van der Waals surface area contributed by atoms with E-state index in [0.717, 1.165) is 35.2 Å². The molecule has 0 saturated heterocycles. The highest BCUT2D eigenvalue weighted by atomic mass is 16.5. The second-order valence-electron chi connectivity index (χ2n) is 9.00. The molecule has 35 heavy (non-hydrogen) atoms. The van der Waals surface area contributed by atoms with E-state index >= 15 is 0 Å². The number of aliphatic carboxylic acids is 1. The summed E-state index contributed by atoms with van der Waals surface area (Å²) in [5.74, 6) is 0.108. The molecular formula is C29H26NO5-. The molecule has 2 unspecified atom stereocenters. The van der Waals surface area contributed by atoms with Crippen molar-refractivity contribution < 1.29 is 24.2 Å². The summed E-state index contributed by atoms with van der Waals surface area (Å²) in [4.78, 5) is 15.6. The Morgan fingerprint density at radius 2 is 1.74 bits per heavy atom. The molecule has 6 nitrogen and oxygen atoms in total. The van der Waals surface area contributed by atoms with Crippen LogP contribution in [-0.2, 0) is 11.2 Å². The third-order valence-electron chi connectivity index (χ3n) is 6.54. The fourth-order valence-corrected chi connectivity index (χ4v) is 4.92. The number of carboxylic acid groups (broad SMARTS) is 1. The summed E-state index contributed by atoms with van der Waals surface area (Å²) < 4.78 is 11.7. The molecule has 0 bridgehead atoms. The molecule has 3 aromatic carbocycles. The summed E-state index contributed by atoms with van der Waals surface area (Å²) in [6.45, 7) is -0.517. The molecule has 1 aliphatic rings. The molecule has 1 aliphatic carbocycles. The Labute approximate surface area is 203 Å². The largest absolute Gasteiger partial charge is 0.546 e. The van der Waals surface area contributed by atoms with Crippen LogP contribution in [0.5, 0.6) is 5.75 Å². The van der Waals surface area contributed by atoms with Gasteiger partial charge in [0.15, 0.2) is 5.76 Å². The lowest BCUT2D eigenvalue weighted by Crippen LogP contribution is -2.34. The maximum atomic E-state index is 11.8.